The van der Waals surface area contributed by atoms with Crippen LogP contribution in [0.5, 0.6) is 0 Å². The van der Waals surface area contributed by atoms with Gasteiger partial charge >= 0.3 is 5.97 Å². The van der Waals surface area contributed by atoms with Crippen LogP contribution >= 0.6 is 0 Å². The van der Waals surface area contributed by atoms with Crippen molar-refractivity contribution in [2.75, 3.05) is 23.7 Å². The van der Waals surface area contributed by atoms with Crippen molar-refractivity contribution >= 4 is 28.2 Å². The molecule has 0 bridgehead atoms. The van der Waals surface area contributed by atoms with Crippen LogP contribution in [0, 0.1) is 12.8 Å². The average Bonchev–Trinajstić information content (AvgIpc) is 2.50. The number of benzene rings is 1. The number of carbonyl (C=O) groups is 1. The van der Waals surface area contributed by atoms with Crippen molar-refractivity contribution in [1.82, 2.24) is 4.98 Å². The lowest BCUT2D eigenvalue weighted by Crippen LogP contribution is -2.36. The summed E-state index contributed by atoms with van der Waals surface area (Å²) in [7, 11) is 0. The lowest BCUT2D eigenvalue weighted by molar-refractivity contribution is -0.142. The third-order valence-electron chi connectivity index (χ3n) is 4.33. The van der Waals surface area contributed by atoms with Gasteiger partial charge in [-0.25, -0.2) is 4.98 Å². The maximum absolute atomic E-state index is 11.0. The molecule has 0 unspecified atom stereocenters. The van der Waals surface area contributed by atoms with E-state index in [1.165, 1.54) is 0 Å². The summed E-state index contributed by atoms with van der Waals surface area (Å²) in [6.45, 7) is 3.43. The number of hydrogen-bond donors (Lipinski definition) is 2. The molecular weight excluding hydrogens is 266 g/mol. The zero-order valence-electron chi connectivity index (χ0n) is 12.0. The molecule has 0 amide bonds. The summed E-state index contributed by atoms with van der Waals surface area (Å²) in [4.78, 5) is 17.7. The Hall–Kier alpha value is -2.30. The minimum absolute atomic E-state index is 0.233. The number of fused-ring (bicyclic) bond motifs is 1. The summed E-state index contributed by atoms with van der Waals surface area (Å²) in [5.41, 5.74) is 8.00. The van der Waals surface area contributed by atoms with Crippen molar-refractivity contribution in [3.63, 3.8) is 0 Å². The van der Waals surface area contributed by atoms with Crippen LogP contribution in [-0.2, 0) is 4.79 Å². The highest BCUT2D eigenvalue weighted by Gasteiger charge is 2.25. The van der Waals surface area contributed by atoms with Gasteiger partial charge in [0.15, 0.2) is 0 Å². The summed E-state index contributed by atoms with van der Waals surface area (Å²) in [5, 5.41) is 11.1. The minimum Gasteiger partial charge on any atom is -0.481 e. The van der Waals surface area contributed by atoms with E-state index >= 15 is 0 Å². The van der Waals surface area contributed by atoms with E-state index in [1.807, 2.05) is 25.1 Å². The molecule has 0 radical (unpaired) electrons. The molecule has 3 N–H and O–H groups in total. The van der Waals surface area contributed by atoms with Crippen LogP contribution in [-0.4, -0.2) is 29.1 Å². The van der Waals surface area contributed by atoms with Gasteiger partial charge < -0.3 is 15.7 Å². The van der Waals surface area contributed by atoms with Crippen molar-refractivity contribution in [2.24, 2.45) is 5.92 Å². The van der Waals surface area contributed by atoms with Crippen LogP contribution < -0.4 is 10.6 Å². The first kappa shape index (κ1) is 13.7. The number of aryl methyl sites for hydroxylation is 1. The highest BCUT2D eigenvalue weighted by molar-refractivity contribution is 6.00. The molecule has 1 saturated heterocycles. The van der Waals surface area contributed by atoms with E-state index in [0.717, 1.165) is 40.9 Å². The normalized spacial score (nSPS) is 16.3. The van der Waals surface area contributed by atoms with Gasteiger partial charge in [-0.05, 0) is 31.4 Å². The van der Waals surface area contributed by atoms with Crippen LogP contribution in [0.4, 0.5) is 11.5 Å². The predicted octanol–water partition coefficient (Wildman–Crippen LogP) is 2.43. The van der Waals surface area contributed by atoms with E-state index in [2.05, 4.69) is 9.88 Å². The largest absolute Gasteiger partial charge is 0.481 e. The Kier molecular flexibility index (Phi) is 3.41. The van der Waals surface area contributed by atoms with Gasteiger partial charge in [0.05, 0.1) is 5.92 Å². The number of piperidine rings is 1. The fourth-order valence-corrected chi connectivity index (χ4v) is 2.96. The highest BCUT2D eigenvalue weighted by atomic mass is 16.4. The van der Waals surface area contributed by atoms with E-state index in [1.54, 1.807) is 6.20 Å². The summed E-state index contributed by atoms with van der Waals surface area (Å²) >= 11 is 0. The smallest absolute Gasteiger partial charge is 0.306 e. The molecule has 1 aliphatic heterocycles. The van der Waals surface area contributed by atoms with Gasteiger partial charge in [-0.3, -0.25) is 4.79 Å². The lowest BCUT2D eigenvalue weighted by Gasteiger charge is -2.31. The number of nitrogen functional groups attached to an aromatic ring is 1. The van der Waals surface area contributed by atoms with Gasteiger partial charge in [-0.2, -0.15) is 0 Å². The third kappa shape index (κ3) is 2.39. The number of pyridine rings is 1. The number of nitrogens with two attached hydrogens (primary N) is 1. The number of carboxylic acid groups (broad SMARTS) is 1. The van der Waals surface area contributed by atoms with Gasteiger partial charge in [0.25, 0.3) is 0 Å². The Bertz CT molecular complexity index is 691. The molecule has 1 aliphatic rings. The fourth-order valence-electron chi connectivity index (χ4n) is 2.96. The van der Waals surface area contributed by atoms with Crippen molar-refractivity contribution in [3.8, 4) is 0 Å². The summed E-state index contributed by atoms with van der Waals surface area (Å²) in [6.07, 6.45) is 3.10. The maximum Gasteiger partial charge on any atom is 0.306 e. The van der Waals surface area contributed by atoms with Crippen molar-refractivity contribution in [2.45, 2.75) is 19.8 Å². The Morgan fingerprint density at radius 2 is 2.00 bits per heavy atom. The third-order valence-corrected chi connectivity index (χ3v) is 4.33. The van der Waals surface area contributed by atoms with E-state index in [-0.39, 0.29) is 5.92 Å². The van der Waals surface area contributed by atoms with Crippen LogP contribution in [0.25, 0.3) is 10.8 Å². The average molecular weight is 285 g/mol. The summed E-state index contributed by atoms with van der Waals surface area (Å²) in [5.74, 6) is -0.0213. The van der Waals surface area contributed by atoms with Crippen molar-refractivity contribution in [1.29, 1.82) is 0 Å². The van der Waals surface area contributed by atoms with Gasteiger partial charge in [0, 0.05) is 35.7 Å². The van der Waals surface area contributed by atoms with Crippen LogP contribution in [0.2, 0.25) is 0 Å². The molecule has 1 fully saturated rings. The van der Waals surface area contributed by atoms with Gasteiger partial charge in [-0.1, -0.05) is 12.1 Å². The SMILES string of the molecule is Cc1ccc2c(N3CCC(C(=O)O)CC3)nccc2c1N. The highest BCUT2D eigenvalue weighted by Crippen LogP contribution is 2.32. The molecule has 0 aliphatic carbocycles. The van der Waals surface area contributed by atoms with Gasteiger partial charge in [0.2, 0.25) is 0 Å². The first-order chi connectivity index (χ1) is 10.1. The predicted molar refractivity (Wildman–Crippen MR) is 83.5 cm³/mol. The Balaban J connectivity index is 1.95. The topological polar surface area (TPSA) is 79.5 Å². The van der Waals surface area contributed by atoms with E-state index in [0.29, 0.717) is 12.8 Å². The zero-order valence-corrected chi connectivity index (χ0v) is 12.0. The first-order valence-corrected chi connectivity index (χ1v) is 7.19. The summed E-state index contributed by atoms with van der Waals surface area (Å²) < 4.78 is 0. The lowest BCUT2D eigenvalue weighted by atomic mass is 9.96. The van der Waals surface area contributed by atoms with Crippen LogP contribution in [0.3, 0.4) is 0 Å². The number of aliphatic carboxylic acids is 1. The quantitative estimate of drug-likeness (QED) is 0.828. The van der Waals surface area contributed by atoms with E-state index < -0.39 is 5.97 Å². The Labute approximate surface area is 123 Å². The molecule has 2 aromatic rings. The number of anilines is 2. The fraction of sp³-hybridized carbons (Fsp3) is 0.375. The molecule has 2 heterocycles. The molecule has 1 aromatic carbocycles. The van der Waals surface area contributed by atoms with Crippen LogP contribution in [0.1, 0.15) is 18.4 Å². The van der Waals surface area contributed by atoms with Crippen molar-refractivity contribution < 1.29 is 9.90 Å². The van der Waals surface area contributed by atoms with E-state index in [9.17, 15) is 4.79 Å². The molecule has 5 nitrogen and oxygen atoms in total. The second-order valence-electron chi connectivity index (χ2n) is 5.63. The van der Waals surface area contributed by atoms with Gasteiger partial charge in [0.1, 0.15) is 5.82 Å². The molecule has 0 atom stereocenters. The molecule has 0 saturated carbocycles. The molecule has 5 heteroatoms. The molecule has 3 rings (SSSR count). The zero-order chi connectivity index (χ0) is 15.0. The standard InChI is InChI=1S/C16H19N3O2/c1-10-2-3-13-12(14(10)17)4-7-18-15(13)19-8-5-11(6-9-19)16(20)21/h2-4,7,11H,5-6,8-9,17H2,1H3,(H,20,21). The molecule has 0 spiro atoms. The number of rotatable bonds is 2. The molecule has 21 heavy (non-hydrogen) atoms. The van der Waals surface area contributed by atoms with Gasteiger partial charge in [-0.15, -0.1) is 0 Å². The number of hydrogen-bond acceptors (Lipinski definition) is 4. The Morgan fingerprint density at radius 3 is 2.67 bits per heavy atom. The summed E-state index contributed by atoms with van der Waals surface area (Å²) in [6, 6.07) is 5.99. The second-order valence-corrected chi connectivity index (χ2v) is 5.63. The molecule has 110 valence electrons. The Morgan fingerprint density at radius 1 is 1.29 bits per heavy atom. The monoisotopic (exact) mass is 285 g/mol. The number of carboxylic acids is 1. The molecule has 1 aromatic heterocycles. The van der Waals surface area contributed by atoms with E-state index in [4.69, 9.17) is 10.8 Å². The number of nitrogens with zero attached hydrogens (tertiary/aromatic N) is 2. The number of aromatic nitrogens is 1. The van der Waals surface area contributed by atoms with Crippen molar-refractivity contribution in [3.05, 3.63) is 30.0 Å². The van der Waals surface area contributed by atoms with Crippen LogP contribution in [0.15, 0.2) is 24.4 Å². The second kappa shape index (κ2) is 5.24. The minimum atomic E-state index is -0.694. The molecular formula is C16H19N3O2. The maximum atomic E-state index is 11.0. The first-order valence-electron chi connectivity index (χ1n) is 7.19.